The molecule has 0 heterocycles. The third-order valence-electron chi connectivity index (χ3n) is 2.51. The molecule has 1 nitrogen and oxygen atoms in total. The van der Waals surface area contributed by atoms with Gasteiger partial charge in [-0.1, -0.05) is 45.7 Å². The highest BCUT2D eigenvalue weighted by atomic mass is 79.9. The van der Waals surface area contributed by atoms with E-state index in [1.54, 1.807) is 36.4 Å². The maximum Gasteiger partial charge on any atom is 0.167 e. The number of rotatable bonds is 3. The Kier molecular flexibility index (Phi) is 4.15. The monoisotopic (exact) mass is 326 g/mol. The van der Waals surface area contributed by atoms with Crippen molar-refractivity contribution in [3.63, 3.8) is 0 Å². The highest BCUT2D eigenvalue weighted by Crippen LogP contribution is 2.18. The lowest BCUT2D eigenvalue weighted by Gasteiger charge is -2.04. The lowest BCUT2D eigenvalue weighted by molar-refractivity contribution is 0.0992. The van der Waals surface area contributed by atoms with Gasteiger partial charge in [0.2, 0.25) is 0 Å². The number of carbonyl (C=O) groups is 1. The number of carbonyl (C=O) groups excluding carboxylic acids is 1. The van der Waals surface area contributed by atoms with Crippen LogP contribution in [0.5, 0.6) is 0 Å². The predicted molar refractivity (Wildman–Crippen MR) is 73.6 cm³/mol. The summed E-state index contributed by atoms with van der Waals surface area (Å²) in [4.78, 5) is 12.0. The first kappa shape index (κ1) is 13.2. The van der Waals surface area contributed by atoms with Gasteiger partial charge in [0.1, 0.15) is 5.82 Å². The molecule has 0 aliphatic heterocycles. The summed E-state index contributed by atoms with van der Waals surface area (Å²) in [6.45, 7) is 0. The van der Waals surface area contributed by atoms with Crippen molar-refractivity contribution in [1.82, 2.24) is 0 Å². The van der Waals surface area contributed by atoms with Crippen molar-refractivity contribution in [2.24, 2.45) is 0 Å². The van der Waals surface area contributed by atoms with Gasteiger partial charge in [0, 0.05) is 21.5 Å². The number of hydrogen-bond acceptors (Lipinski definition) is 1. The minimum atomic E-state index is -0.389. The molecule has 0 amide bonds. The zero-order valence-electron chi connectivity index (χ0n) is 9.29. The van der Waals surface area contributed by atoms with Crippen molar-refractivity contribution in [2.45, 2.75) is 6.42 Å². The van der Waals surface area contributed by atoms with Crippen LogP contribution in [0.25, 0.3) is 0 Å². The second kappa shape index (κ2) is 5.63. The molecule has 0 saturated heterocycles. The van der Waals surface area contributed by atoms with Crippen LogP contribution in [0.3, 0.4) is 0 Å². The standard InChI is InChI=1S/C14H9BrClFO/c15-11-5-4-9(13(17)8-11)7-14(18)10-2-1-3-12(16)6-10/h1-6,8H,7H2. The fourth-order valence-corrected chi connectivity index (χ4v) is 2.13. The fourth-order valence-electron chi connectivity index (χ4n) is 1.60. The SMILES string of the molecule is O=C(Cc1ccc(Br)cc1F)c1cccc(Cl)c1. The number of benzene rings is 2. The zero-order valence-corrected chi connectivity index (χ0v) is 11.6. The van der Waals surface area contributed by atoms with Gasteiger partial charge in [0.25, 0.3) is 0 Å². The molecule has 92 valence electrons. The van der Waals surface area contributed by atoms with Gasteiger partial charge in [-0.2, -0.15) is 0 Å². The Hall–Kier alpha value is -1.19. The predicted octanol–water partition coefficient (Wildman–Crippen LogP) is 4.67. The fraction of sp³-hybridized carbons (Fsp3) is 0.0714. The molecule has 0 atom stereocenters. The van der Waals surface area contributed by atoms with Gasteiger partial charge in [-0.3, -0.25) is 4.79 Å². The minimum Gasteiger partial charge on any atom is -0.294 e. The van der Waals surface area contributed by atoms with Crippen LogP contribution in [0, 0.1) is 5.82 Å². The number of hydrogen-bond donors (Lipinski definition) is 0. The molecule has 0 fully saturated rings. The molecule has 4 heteroatoms. The summed E-state index contributed by atoms with van der Waals surface area (Å²) in [7, 11) is 0. The topological polar surface area (TPSA) is 17.1 Å². The molecule has 0 aliphatic rings. The van der Waals surface area contributed by atoms with E-state index in [1.165, 1.54) is 6.07 Å². The molecule has 2 aromatic carbocycles. The Labute approximate surface area is 118 Å². The van der Waals surface area contributed by atoms with Crippen LogP contribution in [-0.4, -0.2) is 5.78 Å². The third-order valence-corrected chi connectivity index (χ3v) is 3.24. The van der Waals surface area contributed by atoms with Crippen molar-refractivity contribution >= 4 is 33.3 Å². The summed E-state index contributed by atoms with van der Waals surface area (Å²) in [5.74, 6) is -0.543. The summed E-state index contributed by atoms with van der Waals surface area (Å²) in [5.41, 5.74) is 0.869. The summed E-state index contributed by atoms with van der Waals surface area (Å²) in [5, 5.41) is 0.497. The molecule has 0 unspecified atom stereocenters. The van der Waals surface area contributed by atoms with E-state index >= 15 is 0 Å². The van der Waals surface area contributed by atoms with Gasteiger partial charge < -0.3 is 0 Å². The van der Waals surface area contributed by atoms with Crippen molar-refractivity contribution in [3.05, 3.63) is 68.9 Å². The Morgan fingerprint density at radius 1 is 1.22 bits per heavy atom. The molecule has 0 N–H and O–H groups in total. The van der Waals surface area contributed by atoms with Gasteiger partial charge in [0.05, 0.1) is 0 Å². The third kappa shape index (κ3) is 3.18. The van der Waals surface area contributed by atoms with E-state index in [4.69, 9.17) is 11.6 Å². The Morgan fingerprint density at radius 3 is 2.67 bits per heavy atom. The lowest BCUT2D eigenvalue weighted by Crippen LogP contribution is -2.05. The first-order valence-electron chi connectivity index (χ1n) is 5.29. The van der Waals surface area contributed by atoms with Gasteiger partial charge >= 0.3 is 0 Å². The molecule has 0 spiro atoms. The van der Waals surface area contributed by atoms with Crippen molar-refractivity contribution in [2.75, 3.05) is 0 Å². The molecule has 2 aromatic rings. The highest BCUT2D eigenvalue weighted by Gasteiger charge is 2.11. The number of Topliss-reactive ketones (excluding diaryl/α,β-unsaturated/α-hetero) is 1. The lowest BCUT2D eigenvalue weighted by atomic mass is 10.0. The quantitative estimate of drug-likeness (QED) is 0.749. The molecule has 0 bridgehead atoms. The number of halogens is 3. The van der Waals surface area contributed by atoms with Gasteiger partial charge in [0.15, 0.2) is 5.78 Å². The molecule has 18 heavy (non-hydrogen) atoms. The second-order valence-corrected chi connectivity index (χ2v) is 5.20. The summed E-state index contributed by atoms with van der Waals surface area (Å²) in [6.07, 6.45) is 0.0272. The van der Waals surface area contributed by atoms with Crippen LogP contribution in [0.2, 0.25) is 5.02 Å². The molecular weight excluding hydrogens is 319 g/mol. The normalized spacial score (nSPS) is 10.4. The molecule has 0 aliphatic carbocycles. The van der Waals surface area contributed by atoms with E-state index in [0.717, 1.165) is 0 Å². The van der Waals surface area contributed by atoms with Crippen molar-refractivity contribution in [3.8, 4) is 0 Å². The van der Waals surface area contributed by atoms with E-state index < -0.39 is 0 Å². The number of ketones is 1. The maximum atomic E-state index is 13.6. The van der Waals surface area contributed by atoms with E-state index in [9.17, 15) is 9.18 Å². The van der Waals surface area contributed by atoms with E-state index in [1.807, 2.05) is 0 Å². The first-order valence-corrected chi connectivity index (χ1v) is 6.46. The average Bonchev–Trinajstić information content (AvgIpc) is 2.32. The van der Waals surface area contributed by atoms with Crippen molar-refractivity contribution in [1.29, 1.82) is 0 Å². The smallest absolute Gasteiger partial charge is 0.167 e. The maximum absolute atomic E-state index is 13.6. The summed E-state index contributed by atoms with van der Waals surface area (Å²) in [6, 6.07) is 11.3. The molecule has 0 aromatic heterocycles. The highest BCUT2D eigenvalue weighted by molar-refractivity contribution is 9.10. The average molecular weight is 328 g/mol. The first-order chi connectivity index (χ1) is 8.56. The second-order valence-electron chi connectivity index (χ2n) is 3.85. The Balaban J connectivity index is 2.21. The van der Waals surface area contributed by atoms with E-state index in [-0.39, 0.29) is 18.0 Å². The summed E-state index contributed by atoms with van der Waals surface area (Å²) < 4.78 is 14.2. The Morgan fingerprint density at radius 2 is 2.00 bits per heavy atom. The molecule has 0 radical (unpaired) electrons. The Bertz CT molecular complexity index is 598. The van der Waals surface area contributed by atoms with E-state index in [2.05, 4.69) is 15.9 Å². The van der Waals surface area contributed by atoms with Crippen molar-refractivity contribution < 1.29 is 9.18 Å². The molecule has 0 saturated carbocycles. The zero-order chi connectivity index (χ0) is 13.1. The van der Waals surface area contributed by atoms with Crippen LogP contribution < -0.4 is 0 Å². The van der Waals surface area contributed by atoms with Crippen LogP contribution in [0.1, 0.15) is 15.9 Å². The van der Waals surface area contributed by atoms with Crippen LogP contribution in [0.15, 0.2) is 46.9 Å². The molecular formula is C14H9BrClFO. The van der Waals surface area contributed by atoms with Gasteiger partial charge in [-0.05, 0) is 29.8 Å². The van der Waals surface area contributed by atoms with Gasteiger partial charge in [-0.15, -0.1) is 0 Å². The summed E-state index contributed by atoms with van der Waals surface area (Å²) >= 11 is 8.99. The molecule has 2 rings (SSSR count). The van der Waals surface area contributed by atoms with Crippen LogP contribution in [0.4, 0.5) is 4.39 Å². The van der Waals surface area contributed by atoms with E-state index in [0.29, 0.717) is 20.6 Å². The largest absolute Gasteiger partial charge is 0.294 e. The minimum absolute atomic E-state index is 0.0272. The van der Waals surface area contributed by atoms with Crippen LogP contribution >= 0.6 is 27.5 Å². The van der Waals surface area contributed by atoms with Crippen LogP contribution in [-0.2, 0) is 6.42 Å². The van der Waals surface area contributed by atoms with Gasteiger partial charge in [-0.25, -0.2) is 4.39 Å².